The Morgan fingerprint density at radius 1 is 1.18 bits per heavy atom. The molecular formula is C20H22FN5OS. The number of nitrogens with zero attached hydrogens (tertiary/aromatic N) is 5. The molecule has 0 aliphatic rings. The van der Waals surface area contributed by atoms with E-state index in [1.54, 1.807) is 15.6 Å². The Bertz CT molecular complexity index is 954. The lowest BCUT2D eigenvalue weighted by molar-refractivity contribution is -0.128. The predicted octanol–water partition coefficient (Wildman–Crippen LogP) is 3.56. The first-order valence-corrected chi connectivity index (χ1v) is 9.97. The summed E-state index contributed by atoms with van der Waals surface area (Å²) >= 11 is 1.29. The molecular weight excluding hydrogens is 377 g/mol. The van der Waals surface area contributed by atoms with Crippen molar-refractivity contribution in [2.45, 2.75) is 32.5 Å². The third-order valence-electron chi connectivity index (χ3n) is 4.21. The van der Waals surface area contributed by atoms with Gasteiger partial charge in [0.2, 0.25) is 11.1 Å². The summed E-state index contributed by atoms with van der Waals surface area (Å²) in [6, 6.07) is 12.4. The van der Waals surface area contributed by atoms with Crippen molar-refractivity contribution in [2.75, 3.05) is 12.3 Å². The van der Waals surface area contributed by atoms with Gasteiger partial charge in [-0.1, -0.05) is 30.0 Å². The average Bonchev–Trinajstić information content (AvgIpc) is 3.12. The summed E-state index contributed by atoms with van der Waals surface area (Å²) in [5, 5.41) is 12.4. The fourth-order valence-corrected chi connectivity index (χ4v) is 3.75. The van der Waals surface area contributed by atoms with E-state index in [-0.39, 0.29) is 17.5 Å². The van der Waals surface area contributed by atoms with Crippen molar-refractivity contribution in [3.63, 3.8) is 0 Å². The van der Waals surface area contributed by atoms with Crippen molar-refractivity contribution in [3.8, 4) is 5.69 Å². The summed E-state index contributed by atoms with van der Waals surface area (Å²) in [5.41, 5.74) is 3.86. The lowest BCUT2D eigenvalue weighted by Crippen LogP contribution is -2.31. The number of amides is 1. The second kappa shape index (κ2) is 8.97. The molecule has 2 aromatic carbocycles. The third kappa shape index (κ3) is 4.95. The minimum absolute atomic E-state index is 0.0493. The Kier molecular flexibility index (Phi) is 6.41. The maximum Gasteiger partial charge on any atom is 0.233 e. The number of thioether (sulfide) groups is 1. The number of carbonyl (C=O) groups is 1. The van der Waals surface area contributed by atoms with Crippen molar-refractivity contribution in [2.24, 2.45) is 0 Å². The van der Waals surface area contributed by atoms with E-state index in [1.807, 2.05) is 39.0 Å². The van der Waals surface area contributed by atoms with Gasteiger partial charge in [-0.3, -0.25) is 4.79 Å². The summed E-state index contributed by atoms with van der Waals surface area (Å²) in [6.07, 6.45) is 0. The highest BCUT2D eigenvalue weighted by Crippen LogP contribution is 2.21. The van der Waals surface area contributed by atoms with Crippen LogP contribution in [0.5, 0.6) is 0 Å². The Morgan fingerprint density at radius 3 is 2.61 bits per heavy atom. The van der Waals surface area contributed by atoms with Crippen LogP contribution in [0.3, 0.4) is 0 Å². The Hall–Kier alpha value is -2.74. The molecule has 0 spiro atoms. The SMILES string of the molecule is CCN(Cc1cccc(F)c1)C(=O)CSc1nnnn1-c1cc(C)cc(C)c1. The number of hydrogen-bond donors (Lipinski definition) is 0. The van der Waals surface area contributed by atoms with Gasteiger partial charge in [0.25, 0.3) is 0 Å². The number of benzene rings is 2. The van der Waals surface area contributed by atoms with Crippen LogP contribution in [-0.2, 0) is 11.3 Å². The molecule has 0 saturated heterocycles. The van der Waals surface area contributed by atoms with Crippen LogP contribution < -0.4 is 0 Å². The van der Waals surface area contributed by atoms with Crippen LogP contribution in [0.2, 0.25) is 0 Å². The highest BCUT2D eigenvalue weighted by atomic mass is 32.2. The van der Waals surface area contributed by atoms with E-state index in [0.29, 0.717) is 18.2 Å². The van der Waals surface area contributed by atoms with E-state index >= 15 is 0 Å². The first-order valence-electron chi connectivity index (χ1n) is 8.98. The molecule has 1 aromatic heterocycles. The van der Waals surface area contributed by atoms with Gasteiger partial charge in [-0.15, -0.1) is 5.10 Å². The molecule has 1 amide bonds. The van der Waals surface area contributed by atoms with Gasteiger partial charge in [-0.05, 0) is 72.2 Å². The first-order chi connectivity index (χ1) is 13.5. The minimum atomic E-state index is -0.303. The number of rotatable bonds is 7. The summed E-state index contributed by atoms with van der Waals surface area (Å²) in [4.78, 5) is 14.3. The maximum absolute atomic E-state index is 13.4. The lowest BCUT2D eigenvalue weighted by Gasteiger charge is -2.20. The maximum atomic E-state index is 13.4. The number of aromatic nitrogens is 4. The van der Waals surface area contributed by atoms with Gasteiger partial charge in [-0.2, -0.15) is 4.68 Å². The molecule has 3 rings (SSSR count). The summed E-state index contributed by atoms with van der Waals surface area (Å²) in [5.74, 6) is -0.149. The lowest BCUT2D eigenvalue weighted by atomic mass is 10.1. The number of carbonyl (C=O) groups excluding carboxylic acids is 1. The number of hydrogen-bond acceptors (Lipinski definition) is 5. The fourth-order valence-electron chi connectivity index (χ4n) is 2.95. The molecule has 28 heavy (non-hydrogen) atoms. The molecule has 3 aromatic rings. The molecule has 0 aliphatic heterocycles. The van der Waals surface area contributed by atoms with Crippen LogP contribution in [0.4, 0.5) is 4.39 Å². The van der Waals surface area contributed by atoms with Crippen LogP contribution >= 0.6 is 11.8 Å². The van der Waals surface area contributed by atoms with Crippen LogP contribution in [0.25, 0.3) is 5.69 Å². The molecule has 0 aliphatic carbocycles. The minimum Gasteiger partial charge on any atom is -0.338 e. The molecule has 8 heteroatoms. The van der Waals surface area contributed by atoms with E-state index in [2.05, 4.69) is 21.6 Å². The monoisotopic (exact) mass is 399 g/mol. The molecule has 1 heterocycles. The molecule has 0 radical (unpaired) electrons. The van der Waals surface area contributed by atoms with Crippen LogP contribution in [0.15, 0.2) is 47.6 Å². The molecule has 0 saturated carbocycles. The molecule has 6 nitrogen and oxygen atoms in total. The normalized spacial score (nSPS) is 10.9. The Labute approximate surface area is 167 Å². The summed E-state index contributed by atoms with van der Waals surface area (Å²) in [6.45, 7) is 6.85. The van der Waals surface area contributed by atoms with E-state index in [0.717, 1.165) is 22.4 Å². The third-order valence-corrected chi connectivity index (χ3v) is 5.12. The number of tetrazole rings is 1. The highest BCUT2D eigenvalue weighted by molar-refractivity contribution is 7.99. The van der Waals surface area contributed by atoms with Crippen molar-refractivity contribution >= 4 is 17.7 Å². The second-order valence-corrected chi connectivity index (χ2v) is 7.49. The fraction of sp³-hybridized carbons (Fsp3) is 0.300. The van der Waals surface area contributed by atoms with Gasteiger partial charge >= 0.3 is 0 Å². The molecule has 0 fully saturated rings. The van der Waals surface area contributed by atoms with Crippen LogP contribution in [-0.4, -0.2) is 43.3 Å². The van der Waals surface area contributed by atoms with Gasteiger partial charge in [0.05, 0.1) is 11.4 Å². The van der Waals surface area contributed by atoms with E-state index < -0.39 is 0 Å². The average molecular weight is 399 g/mol. The van der Waals surface area contributed by atoms with E-state index in [4.69, 9.17) is 0 Å². The van der Waals surface area contributed by atoms with Crippen molar-refractivity contribution in [1.82, 2.24) is 25.1 Å². The van der Waals surface area contributed by atoms with Crippen molar-refractivity contribution in [3.05, 3.63) is 65.0 Å². The van der Waals surface area contributed by atoms with Crippen molar-refractivity contribution in [1.29, 1.82) is 0 Å². The molecule has 146 valence electrons. The zero-order chi connectivity index (χ0) is 20.1. The van der Waals surface area contributed by atoms with Gasteiger partial charge < -0.3 is 4.90 Å². The van der Waals surface area contributed by atoms with Gasteiger partial charge in [-0.25, -0.2) is 4.39 Å². The predicted molar refractivity (Wildman–Crippen MR) is 107 cm³/mol. The van der Waals surface area contributed by atoms with E-state index in [9.17, 15) is 9.18 Å². The van der Waals surface area contributed by atoms with Crippen LogP contribution in [0, 0.1) is 19.7 Å². The largest absolute Gasteiger partial charge is 0.338 e. The van der Waals surface area contributed by atoms with Gasteiger partial charge in [0, 0.05) is 13.1 Å². The first kappa shape index (κ1) is 20.0. The molecule has 0 unspecified atom stereocenters. The summed E-state index contributed by atoms with van der Waals surface area (Å²) in [7, 11) is 0. The molecule has 0 N–H and O–H groups in total. The zero-order valence-electron chi connectivity index (χ0n) is 16.1. The number of aryl methyl sites for hydroxylation is 2. The highest BCUT2D eigenvalue weighted by Gasteiger charge is 2.16. The smallest absolute Gasteiger partial charge is 0.233 e. The quantitative estimate of drug-likeness (QED) is 0.569. The van der Waals surface area contributed by atoms with Crippen molar-refractivity contribution < 1.29 is 9.18 Å². The molecule has 0 atom stereocenters. The van der Waals surface area contributed by atoms with E-state index in [1.165, 1.54) is 23.9 Å². The molecule has 0 bridgehead atoms. The Balaban J connectivity index is 1.68. The Morgan fingerprint density at radius 2 is 1.93 bits per heavy atom. The standard InChI is InChI=1S/C20H22FN5OS/c1-4-25(12-16-6-5-7-17(21)11-16)19(27)13-28-20-22-23-24-26(20)18-9-14(2)8-15(3)10-18/h5-11H,4,12-13H2,1-3H3. The number of halogens is 1. The van der Waals surface area contributed by atoms with Crippen LogP contribution in [0.1, 0.15) is 23.6 Å². The topological polar surface area (TPSA) is 63.9 Å². The second-order valence-electron chi connectivity index (χ2n) is 6.55. The van der Waals surface area contributed by atoms with Gasteiger partial charge in [0.1, 0.15) is 5.82 Å². The zero-order valence-corrected chi connectivity index (χ0v) is 16.9. The van der Waals surface area contributed by atoms with Gasteiger partial charge in [0.15, 0.2) is 0 Å². The summed E-state index contributed by atoms with van der Waals surface area (Å²) < 4.78 is 15.0.